The monoisotopic (exact) mass is 280 g/mol. The van der Waals surface area contributed by atoms with Gasteiger partial charge in [0.05, 0.1) is 5.52 Å². The summed E-state index contributed by atoms with van der Waals surface area (Å²) in [6.45, 7) is 2.89. The van der Waals surface area contributed by atoms with Gasteiger partial charge in [-0.25, -0.2) is 4.98 Å². The second-order valence-electron chi connectivity index (χ2n) is 5.46. The van der Waals surface area contributed by atoms with Crippen LogP contribution in [0.4, 0.5) is 5.69 Å². The molecule has 1 aliphatic rings. The van der Waals surface area contributed by atoms with Gasteiger partial charge >= 0.3 is 0 Å². The summed E-state index contributed by atoms with van der Waals surface area (Å²) in [4.78, 5) is 4.74. The number of anilines is 1. The van der Waals surface area contributed by atoms with Crippen molar-refractivity contribution >= 4 is 16.6 Å². The molecule has 1 aromatic carbocycles. The fraction of sp³-hybridized carbons (Fsp3) is 0.235. The molecule has 2 aromatic heterocycles. The van der Waals surface area contributed by atoms with E-state index in [-0.39, 0.29) is 5.75 Å². The molecule has 0 radical (unpaired) electrons. The molecule has 0 saturated heterocycles. The second kappa shape index (κ2) is 4.52. The average Bonchev–Trinajstić information content (AvgIpc) is 2.92. The molecule has 0 atom stereocenters. The molecule has 2 N–H and O–H groups in total. The van der Waals surface area contributed by atoms with Gasteiger partial charge in [-0.3, -0.25) is 0 Å². The topological polar surface area (TPSA) is 58.3 Å². The molecule has 0 spiro atoms. The number of pyridine rings is 1. The fourth-order valence-electron chi connectivity index (χ4n) is 2.98. The van der Waals surface area contributed by atoms with Gasteiger partial charge in [0, 0.05) is 29.2 Å². The van der Waals surface area contributed by atoms with Crippen LogP contribution in [0.5, 0.6) is 5.75 Å². The van der Waals surface area contributed by atoms with Crippen molar-refractivity contribution in [3.8, 4) is 17.2 Å². The van der Waals surface area contributed by atoms with Crippen molar-refractivity contribution in [3.05, 3.63) is 41.7 Å². The number of aromatic nitrogens is 1. The number of rotatable bonds is 1. The quantitative estimate of drug-likeness (QED) is 0.710. The minimum absolute atomic E-state index is 0.229. The summed E-state index contributed by atoms with van der Waals surface area (Å²) in [5.74, 6) is 1.89. The average molecular weight is 280 g/mol. The molecule has 4 nitrogen and oxygen atoms in total. The molecule has 106 valence electrons. The first-order valence-corrected chi connectivity index (χ1v) is 7.18. The van der Waals surface area contributed by atoms with Gasteiger partial charge < -0.3 is 14.8 Å². The van der Waals surface area contributed by atoms with E-state index >= 15 is 0 Å². The van der Waals surface area contributed by atoms with Crippen molar-refractivity contribution in [2.24, 2.45) is 0 Å². The summed E-state index contributed by atoms with van der Waals surface area (Å²) >= 11 is 0. The smallest absolute Gasteiger partial charge is 0.153 e. The molecule has 3 heterocycles. The molecule has 0 amide bonds. The first kappa shape index (κ1) is 12.3. The Morgan fingerprint density at radius 3 is 2.95 bits per heavy atom. The zero-order valence-electron chi connectivity index (χ0n) is 11.8. The maximum atomic E-state index is 9.72. The van der Waals surface area contributed by atoms with Crippen molar-refractivity contribution in [1.29, 1.82) is 0 Å². The van der Waals surface area contributed by atoms with Crippen molar-refractivity contribution in [2.45, 2.75) is 19.8 Å². The van der Waals surface area contributed by atoms with E-state index in [0.717, 1.165) is 53.2 Å². The SMILES string of the molecule is Cc1ccc(-c2nc3cc(O)ccc3c3c2CCCN3)o1. The number of phenolic OH excluding ortho intramolecular Hbond substituents is 1. The lowest BCUT2D eigenvalue weighted by Gasteiger charge is -2.22. The summed E-state index contributed by atoms with van der Waals surface area (Å²) < 4.78 is 5.76. The Hall–Kier alpha value is -2.49. The first-order chi connectivity index (χ1) is 10.2. The fourth-order valence-corrected chi connectivity index (χ4v) is 2.98. The predicted octanol–water partition coefficient (Wildman–Crippen LogP) is 3.87. The van der Waals surface area contributed by atoms with Crippen LogP contribution in [0.3, 0.4) is 0 Å². The largest absolute Gasteiger partial charge is 0.508 e. The Morgan fingerprint density at radius 1 is 1.24 bits per heavy atom. The van der Waals surface area contributed by atoms with Crippen molar-refractivity contribution < 1.29 is 9.52 Å². The van der Waals surface area contributed by atoms with Crippen LogP contribution in [0, 0.1) is 6.92 Å². The van der Waals surface area contributed by atoms with Crippen molar-refractivity contribution in [2.75, 3.05) is 11.9 Å². The lowest BCUT2D eigenvalue weighted by atomic mass is 9.97. The zero-order valence-corrected chi connectivity index (χ0v) is 11.8. The number of benzene rings is 1. The number of phenols is 1. The molecule has 0 saturated carbocycles. The van der Waals surface area contributed by atoms with Gasteiger partial charge in [0.15, 0.2) is 5.76 Å². The van der Waals surface area contributed by atoms with Crippen LogP contribution in [-0.2, 0) is 6.42 Å². The van der Waals surface area contributed by atoms with Crippen molar-refractivity contribution in [3.63, 3.8) is 0 Å². The molecule has 1 aliphatic heterocycles. The van der Waals surface area contributed by atoms with Gasteiger partial charge in [0.25, 0.3) is 0 Å². The number of aryl methyl sites for hydroxylation is 1. The van der Waals surface area contributed by atoms with Crippen LogP contribution in [0.1, 0.15) is 17.7 Å². The maximum absolute atomic E-state index is 9.72. The highest BCUT2D eigenvalue weighted by Crippen LogP contribution is 2.38. The number of hydrogen-bond donors (Lipinski definition) is 2. The Kier molecular flexibility index (Phi) is 2.64. The molecule has 0 unspecified atom stereocenters. The van der Waals surface area contributed by atoms with Crippen LogP contribution < -0.4 is 5.32 Å². The minimum atomic E-state index is 0.229. The number of hydrogen-bond acceptors (Lipinski definition) is 4. The molecule has 0 aliphatic carbocycles. The number of nitrogens with zero attached hydrogens (tertiary/aromatic N) is 1. The standard InChI is InChI=1S/C17H16N2O2/c1-10-4-7-15(21-10)17-13-3-2-8-18-16(13)12-6-5-11(20)9-14(12)19-17/h4-7,9,18,20H,2-3,8H2,1H3. The van der Waals surface area contributed by atoms with Gasteiger partial charge in [0.2, 0.25) is 0 Å². The summed E-state index contributed by atoms with van der Waals surface area (Å²) in [6.07, 6.45) is 2.08. The molecule has 3 aromatic rings. The lowest BCUT2D eigenvalue weighted by molar-refractivity contribution is 0.476. The highest BCUT2D eigenvalue weighted by atomic mass is 16.3. The van der Waals surface area contributed by atoms with Crippen LogP contribution in [0.15, 0.2) is 34.7 Å². The normalized spacial score (nSPS) is 14.0. The third-order valence-electron chi connectivity index (χ3n) is 3.95. The van der Waals surface area contributed by atoms with Gasteiger partial charge in [-0.15, -0.1) is 0 Å². The summed E-state index contributed by atoms with van der Waals surface area (Å²) in [5, 5.41) is 14.2. The number of nitrogens with one attached hydrogen (secondary N) is 1. The van der Waals surface area contributed by atoms with E-state index in [1.165, 1.54) is 5.56 Å². The summed E-state index contributed by atoms with van der Waals surface area (Å²) in [7, 11) is 0. The number of aromatic hydroxyl groups is 1. The minimum Gasteiger partial charge on any atom is -0.508 e. The van der Waals surface area contributed by atoms with Gasteiger partial charge in [0.1, 0.15) is 17.2 Å². The third-order valence-corrected chi connectivity index (χ3v) is 3.95. The lowest BCUT2D eigenvalue weighted by Crippen LogP contribution is -2.14. The Morgan fingerprint density at radius 2 is 2.14 bits per heavy atom. The molecular weight excluding hydrogens is 264 g/mol. The van der Waals surface area contributed by atoms with Gasteiger partial charge in [-0.2, -0.15) is 0 Å². The van der Waals surface area contributed by atoms with Crippen LogP contribution >= 0.6 is 0 Å². The number of fused-ring (bicyclic) bond motifs is 3. The molecule has 0 bridgehead atoms. The first-order valence-electron chi connectivity index (χ1n) is 7.18. The van der Waals surface area contributed by atoms with Gasteiger partial charge in [-0.05, 0) is 44.0 Å². The van der Waals surface area contributed by atoms with E-state index in [2.05, 4.69) is 5.32 Å². The maximum Gasteiger partial charge on any atom is 0.153 e. The predicted molar refractivity (Wildman–Crippen MR) is 82.7 cm³/mol. The van der Waals surface area contributed by atoms with E-state index < -0.39 is 0 Å². The molecule has 4 rings (SSSR count). The molecule has 0 fully saturated rings. The Bertz CT molecular complexity index is 836. The van der Waals surface area contributed by atoms with E-state index in [1.807, 2.05) is 25.1 Å². The van der Waals surface area contributed by atoms with Gasteiger partial charge in [-0.1, -0.05) is 0 Å². The molecular formula is C17H16N2O2. The summed E-state index contributed by atoms with van der Waals surface area (Å²) in [6, 6.07) is 9.24. The third kappa shape index (κ3) is 1.95. The summed E-state index contributed by atoms with van der Waals surface area (Å²) in [5.41, 5.74) is 3.99. The van der Waals surface area contributed by atoms with E-state index in [9.17, 15) is 5.11 Å². The highest BCUT2D eigenvalue weighted by molar-refractivity contribution is 5.97. The molecule has 21 heavy (non-hydrogen) atoms. The zero-order chi connectivity index (χ0) is 14.4. The highest BCUT2D eigenvalue weighted by Gasteiger charge is 2.20. The molecule has 4 heteroatoms. The Balaban J connectivity index is 2.05. The van der Waals surface area contributed by atoms with Crippen LogP contribution in [0.25, 0.3) is 22.4 Å². The van der Waals surface area contributed by atoms with E-state index in [0.29, 0.717) is 0 Å². The Labute approximate surface area is 122 Å². The van der Waals surface area contributed by atoms with E-state index in [1.54, 1.807) is 12.1 Å². The second-order valence-corrected chi connectivity index (χ2v) is 5.46. The number of furan rings is 1. The van der Waals surface area contributed by atoms with Crippen LogP contribution in [-0.4, -0.2) is 16.6 Å². The van der Waals surface area contributed by atoms with Crippen molar-refractivity contribution in [1.82, 2.24) is 4.98 Å². The van der Waals surface area contributed by atoms with Crippen LogP contribution in [0.2, 0.25) is 0 Å². The van der Waals surface area contributed by atoms with E-state index in [4.69, 9.17) is 9.40 Å².